The predicted molar refractivity (Wildman–Crippen MR) is 70.9 cm³/mol. The van der Waals surface area contributed by atoms with Gasteiger partial charge < -0.3 is 9.47 Å². The minimum Gasteiger partial charge on any atom is -0.348 e. The molecule has 4 nitrogen and oxygen atoms in total. The van der Waals surface area contributed by atoms with Gasteiger partial charge in [-0.25, -0.2) is 4.98 Å². The number of hydrogen-bond donors (Lipinski definition) is 0. The SMILES string of the molecule is O=c1c(N2CCCC2CBr)nccn1C1CC1. The molecule has 1 aromatic rings. The smallest absolute Gasteiger partial charge is 0.293 e. The molecule has 2 fully saturated rings. The highest BCUT2D eigenvalue weighted by molar-refractivity contribution is 9.09. The third-order valence-electron chi connectivity index (χ3n) is 3.62. The molecule has 3 rings (SSSR count). The molecule has 5 heteroatoms. The Labute approximate surface area is 109 Å². The highest BCUT2D eigenvalue weighted by Crippen LogP contribution is 2.33. The Hall–Kier alpha value is -0.840. The van der Waals surface area contributed by atoms with Crippen LogP contribution in [0.2, 0.25) is 0 Å². The summed E-state index contributed by atoms with van der Waals surface area (Å²) in [5.74, 6) is 0.640. The van der Waals surface area contributed by atoms with Crippen molar-refractivity contribution >= 4 is 21.7 Å². The topological polar surface area (TPSA) is 38.1 Å². The van der Waals surface area contributed by atoms with Crippen LogP contribution in [0.1, 0.15) is 31.7 Å². The van der Waals surface area contributed by atoms with Crippen LogP contribution in [0.15, 0.2) is 17.2 Å². The van der Waals surface area contributed by atoms with Gasteiger partial charge in [0.05, 0.1) is 0 Å². The highest BCUT2D eigenvalue weighted by Gasteiger charge is 2.30. The molecule has 1 saturated carbocycles. The van der Waals surface area contributed by atoms with E-state index in [4.69, 9.17) is 0 Å². The van der Waals surface area contributed by atoms with Crippen molar-refractivity contribution in [1.29, 1.82) is 0 Å². The molecule has 1 aliphatic heterocycles. The van der Waals surface area contributed by atoms with E-state index in [9.17, 15) is 4.79 Å². The lowest BCUT2D eigenvalue weighted by molar-refractivity contribution is 0.676. The van der Waals surface area contributed by atoms with Crippen molar-refractivity contribution in [2.45, 2.75) is 37.8 Å². The minimum absolute atomic E-state index is 0.0860. The maximum atomic E-state index is 12.3. The van der Waals surface area contributed by atoms with Crippen LogP contribution in [-0.2, 0) is 0 Å². The van der Waals surface area contributed by atoms with Gasteiger partial charge in [-0.15, -0.1) is 0 Å². The zero-order valence-electron chi connectivity index (χ0n) is 9.68. The van der Waals surface area contributed by atoms with E-state index >= 15 is 0 Å². The Kier molecular flexibility index (Phi) is 2.94. The molecule has 0 aromatic carbocycles. The van der Waals surface area contributed by atoms with Crippen LogP contribution in [0.3, 0.4) is 0 Å². The van der Waals surface area contributed by atoms with Crippen molar-refractivity contribution in [3.8, 4) is 0 Å². The van der Waals surface area contributed by atoms with E-state index in [1.807, 2.05) is 10.8 Å². The molecule has 1 aliphatic carbocycles. The fourth-order valence-corrected chi connectivity index (χ4v) is 3.20. The molecule has 0 radical (unpaired) electrons. The van der Waals surface area contributed by atoms with Gasteiger partial charge in [-0.1, -0.05) is 15.9 Å². The molecule has 2 aliphatic rings. The van der Waals surface area contributed by atoms with E-state index in [0.29, 0.717) is 17.9 Å². The molecule has 2 heterocycles. The Bertz CT molecular complexity index is 469. The molecular weight excluding hydrogens is 282 g/mol. The van der Waals surface area contributed by atoms with Gasteiger partial charge in [-0.05, 0) is 25.7 Å². The molecule has 1 saturated heterocycles. The van der Waals surface area contributed by atoms with E-state index in [2.05, 4.69) is 25.8 Å². The van der Waals surface area contributed by atoms with Crippen molar-refractivity contribution in [3.05, 3.63) is 22.7 Å². The largest absolute Gasteiger partial charge is 0.348 e. The summed E-state index contributed by atoms with van der Waals surface area (Å²) in [5, 5.41) is 0.909. The minimum atomic E-state index is 0.0860. The second-order valence-electron chi connectivity index (χ2n) is 4.84. The van der Waals surface area contributed by atoms with Crippen molar-refractivity contribution in [1.82, 2.24) is 9.55 Å². The summed E-state index contributed by atoms with van der Waals surface area (Å²) in [4.78, 5) is 18.8. The Morgan fingerprint density at radius 1 is 1.41 bits per heavy atom. The molecule has 17 heavy (non-hydrogen) atoms. The lowest BCUT2D eigenvalue weighted by Crippen LogP contribution is -2.37. The zero-order valence-corrected chi connectivity index (χ0v) is 11.3. The van der Waals surface area contributed by atoms with Gasteiger partial charge in [-0.3, -0.25) is 4.79 Å². The van der Waals surface area contributed by atoms with E-state index < -0.39 is 0 Å². The highest BCUT2D eigenvalue weighted by atomic mass is 79.9. The van der Waals surface area contributed by atoms with E-state index in [-0.39, 0.29) is 5.56 Å². The van der Waals surface area contributed by atoms with Crippen LogP contribution in [0.25, 0.3) is 0 Å². The Balaban J connectivity index is 1.97. The first kappa shape index (κ1) is 11.3. The lowest BCUT2D eigenvalue weighted by Gasteiger charge is -2.23. The standard InChI is InChI=1S/C12H16BrN3O/c13-8-10-2-1-6-15(10)11-12(17)16(7-5-14-11)9-3-4-9/h5,7,9-10H,1-4,6,8H2. The summed E-state index contributed by atoms with van der Waals surface area (Å²) in [6.45, 7) is 0.952. The number of hydrogen-bond acceptors (Lipinski definition) is 3. The van der Waals surface area contributed by atoms with Crippen LogP contribution in [0.5, 0.6) is 0 Å². The third-order valence-corrected chi connectivity index (χ3v) is 4.36. The van der Waals surface area contributed by atoms with Gasteiger partial charge in [0.25, 0.3) is 5.56 Å². The number of nitrogens with zero attached hydrogens (tertiary/aromatic N) is 3. The molecule has 0 spiro atoms. The molecule has 0 bridgehead atoms. The number of alkyl halides is 1. The van der Waals surface area contributed by atoms with Crippen molar-refractivity contribution < 1.29 is 0 Å². The van der Waals surface area contributed by atoms with Crippen molar-refractivity contribution in [3.63, 3.8) is 0 Å². The number of aromatic nitrogens is 2. The second kappa shape index (κ2) is 4.44. The van der Waals surface area contributed by atoms with Crippen LogP contribution < -0.4 is 10.5 Å². The van der Waals surface area contributed by atoms with Gasteiger partial charge in [-0.2, -0.15) is 0 Å². The van der Waals surface area contributed by atoms with Gasteiger partial charge >= 0.3 is 0 Å². The second-order valence-corrected chi connectivity index (χ2v) is 5.49. The maximum Gasteiger partial charge on any atom is 0.293 e. The fraction of sp³-hybridized carbons (Fsp3) is 0.667. The van der Waals surface area contributed by atoms with Crippen molar-refractivity contribution in [2.24, 2.45) is 0 Å². The van der Waals surface area contributed by atoms with E-state index in [1.54, 1.807) is 6.20 Å². The first-order valence-corrected chi connectivity index (χ1v) is 7.33. The fourth-order valence-electron chi connectivity index (χ4n) is 2.53. The van der Waals surface area contributed by atoms with E-state index in [1.165, 1.54) is 0 Å². The molecule has 92 valence electrons. The first-order chi connectivity index (χ1) is 8.31. The van der Waals surface area contributed by atoms with Crippen LogP contribution >= 0.6 is 15.9 Å². The zero-order chi connectivity index (χ0) is 11.8. The van der Waals surface area contributed by atoms with Crippen LogP contribution in [0, 0.1) is 0 Å². The lowest BCUT2D eigenvalue weighted by atomic mass is 10.2. The Morgan fingerprint density at radius 3 is 2.94 bits per heavy atom. The Morgan fingerprint density at radius 2 is 2.24 bits per heavy atom. The van der Waals surface area contributed by atoms with Gasteiger partial charge in [0.2, 0.25) is 0 Å². The first-order valence-electron chi connectivity index (χ1n) is 6.21. The normalized spacial score (nSPS) is 24.3. The molecule has 1 unspecified atom stereocenters. The van der Waals surface area contributed by atoms with Gasteiger partial charge in [0.15, 0.2) is 5.82 Å². The summed E-state index contributed by atoms with van der Waals surface area (Å²) < 4.78 is 1.85. The monoisotopic (exact) mass is 297 g/mol. The molecule has 1 aromatic heterocycles. The van der Waals surface area contributed by atoms with Gasteiger partial charge in [0, 0.05) is 36.4 Å². The van der Waals surface area contributed by atoms with E-state index in [0.717, 1.165) is 37.6 Å². The molecule has 1 atom stereocenters. The summed E-state index contributed by atoms with van der Waals surface area (Å²) >= 11 is 3.52. The maximum absolute atomic E-state index is 12.3. The van der Waals surface area contributed by atoms with Gasteiger partial charge in [0.1, 0.15) is 0 Å². The van der Waals surface area contributed by atoms with Crippen LogP contribution in [-0.4, -0.2) is 27.5 Å². The van der Waals surface area contributed by atoms with Crippen LogP contribution in [0.4, 0.5) is 5.82 Å². The predicted octanol–water partition coefficient (Wildman–Crippen LogP) is 1.94. The molecular formula is C12H16BrN3O. The van der Waals surface area contributed by atoms with Crippen molar-refractivity contribution in [2.75, 3.05) is 16.8 Å². The third kappa shape index (κ3) is 2.01. The summed E-state index contributed by atoms with van der Waals surface area (Å²) in [5.41, 5.74) is 0.0860. The number of anilines is 1. The molecule has 0 N–H and O–H groups in total. The summed E-state index contributed by atoms with van der Waals surface area (Å²) in [6.07, 6.45) is 8.14. The average molecular weight is 298 g/mol. The summed E-state index contributed by atoms with van der Waals surface area (Å²) in [6, 6.07) is 0.847. The quantitative estimate of drug-likeness (QED) is 0.801. The molecule has 0 amide bonds. The summed E-state index contributed by atoms with van der Waals surface area (Å²) in [7, 11) is 0. The number of halogens is 1. The average Bonchev–Trinajstić information content (AvgIpc) is 3.07. The number of rotatable bonds is 3.